The van der Waals surface area contributed by atoms with Crippen molar-refractivity contribution in [2.45, 2.75) is 11.3 Å². The van der Waals surface area contributed by atoms with Gasteiger partial charge in [-0.1, -0.05) is 11.8 Å². The Kier molecular flexibility index (Phi) is 3.75. The van der Waals surface area contributed by atoms with E-state index in [9.17, 15) is 18.0 Å². The molecule has 6 nitrogen and oxygen atoms in total. The summed E-state index contributed by atoms with van der Waals surface area (Å²) in [7, 11) is 1.17. The first-order valence-corrected chi connectivity index (χ1v) is 4.93. The van der Waals surface area contributed by atoms with Gasteiger partial charge in [0.15, 0.2) is 5.16 Å². The third kappa shape index (κ3) is 2.85. The van der Waals surface area contributed by atoms with Gasteiger partial charge in [-0.2, -0.15) is 13.2 Å². The first-order valence-electron chi connectivity index (χ1n) is 3.95. The quantitative estimate of drug-likeness (QED) is 0.341. The lowest BCUT2D eigenvalue weighted by molar-refractivity contribution is -0.147. The number of hydrazine groups is 1. The Morgan fingerprint density at radius 3 is 2.62 bits per heavy atom. The molecule has 0 saturated heterocycles. The maximum Gasteiger partial charge on any atom is 0.451 e. The number of thioether (sulfide) groups is 1. The normalized spacial score (nSPS) is 11.6. The van der Waals surface area contributed by atoms with E-state index in [0.717, 1.165) is 16.3 Å². The summed E-state index contributed by atoms with van der Waals surface area (Å²) in [5, 5.41) is 6.31. The third-order valence-electron chi connectivity index (χ3n) is 1.58. The number of nitrogens with two attached hydrogens (primary N) is 1. The molecule has 0 aliphatic rings. The molecule has 3 N–H and O–H groups in total. The molecule has 0 spiro atoms. The van der Waals surface area contributed by atoms with Crippen LogP contribution in [0.3, 0.4) is 0 Å². The van der Waals surface area contributed by atoms with Gasteiger partial charge in [0, 0.05) is 7.05 Å². The SMILES string of the molecule is Cn1c(SCC(=O)NN)nnc1C(F)(F)F. The van der Waals surface area contributed by atoms with Crippen LogP contribution in [0.2, 0.25) is 0 Å². The highest BCUT2D eigenvalue weighted by Crippen LogP contribution is 2.29. The number of amides is 1. The highest BCUT2D eigenvalue weighted by molar-refractivity contribution is 7.99. The molecule has 90 valence electrons. The lowest BCUT2D eigenvalue weighted by Gasteiger charge is -2.05. The van der Waals surface area contributed by atoms with Crippen LogP contribution in [0, 0.1) is 0 Å². The number of carbonyl (C=O) groups excluding carboxylic acids is 1. The van der Waals surface area contributed by atoms with E-state index in [-0.39, 0.29) is 10.9 Å². The molecule has 0 aromatic carbocycles. The Morgan fingerprint density at radius 2 is 2.19 bits per heavy atom. The molecular formula is C6H8F3N5OS. The second kappa shape index (κ2) is 4.70. The predicted molar refractivity (Wildman–Crippen MR) is 49.1 cm³/mol. The molecule has 0 unspecified atom stereocenters. The molecule has 16 heavy (non-hydrogen) atoms. The standard InChI is InChI=1S/C6H8F3N5OS/c1-14-4(6(7,8)9)12-13-5(14)16-2-3(15)11-10/h2,10H2,1H3,(H,11,15). The second-order valence-electron chi connectivity index (χ2n) is 2.72. The molecule has 0 atom stereocenters. The van der Waals surface area contributed by atoms with Crippen molar-refractivity contribution in [1.29, 1.82) is 0 Å². The van der Waals surface area contributed by atoms with Gasteiger partial charge in [0.2, 0.25) is 11.7 Å². The van der Waals surface area contributed by atoms with Crippen LogP contribution >= 0.6 is 11.8 Å². The van der Waals surface area contributed by atoms with Crippen molar-refractivity contribution >= 4 is 17.7 Å². The van der Waals surface area contributed by atoms with Gasteiger partial charge in [0.25, 0.3) is 0 Å². The molecule has 0 fully saturated rings. The Balaban J connectivity index is 2.77. The highest BCUT2D eigenvalue weighted by Gasteiger charge is 2.37. The minimum absolute atomic E-state index is 0.00377. The summed E-state index contributed by atoms with van der Waals surface area (Å²) in [6, 6.07) is 0. The molecule has 10 heteroatoms. The van der Waals surface area contributed by atoms with Crippen molar-refractivity contribution in [2.75, 3.05) is 5.75 Å². The molecule has 1 aromatic heterocycles. The number of halogens is 3. The zero-order valence-electron chi connectivity index (χ0n) is 8.08. The zero-order valence-corrected chi connectivity index (χ0v) is 8.89. The Labute approximate surface area is 92.4 Å². The van der Waals surface area contributed by atoms with Gasteiger partial charge in [-0.15, -0.1) is 10.2 Å². The summed E-state index contributed by atoms with van der Waals surface area (Å²) in [4.78, 5) is 10.8. The van der Waals surface area contributed by atoms with Crippen molar-refractivity contribution in [1.82, 2.24) is 20.2 Å². The lowest BCUT2D eigenvalue weighted by Crippen LogP contribution is -2.31. The number of alkyl halides is 3. The summed E-state index contributed by atoms with van der Waals surface area (Å²) in [5.41, 5.74) is 1.85. The van der Waals surface area contributed by atoms with Crippen molar-refractivity contribution in [2.24, 2.45) is 12.9 Å². The smallest absolute Gasteiger partial charge is 0.302 e. The molecule has 1 heterocycles. The molecule has 0 saturated carbocycles. The van der Waals surface area contributed by atoms with Crippen LogP contribution in [0.4, 0.5) is 13.2 Å². The minimum Gasteiger partial charge on any atom is -0.302 e. The zero-order chi connectivity index (χ0) is 12.3. The molecule has 1 aromatic rings. The lowest BCUT2D eigenvalue weighted by atomic mass is 10.6. The van der Waals surface area contributed by atoms with E-state index >= 15 is 0 Å². The fourth-order valence-electron chi connectivity index (χ4n) is 0.859. The first kappa shape index (κ1) is 12.8. The summed E-state index contributed by atoms with van der Waals surface area (Å²) in [6.07, 6.45) is -4.56. The molecular weight excluding hydrogens is 247 g/mol. The topological polar surface area (TPSA) is 85.8 Å². The average molecular weight is 255 g/mol. The van der Waals surface area contributed by atoms with Gasteiger partial charge in [-0.3, -0.25) is 10.2 Å². The predicted octanol–water partition coefficient (Wildman–Crippen LogP) is -0.0841. The average Bonchev–Trinajstić information content (AvgIpc) is 2.55. The Bertz CT molecular complexity index is 390. The molecule has 0 aliphatic carbocycles. The van der Waals surface area contributed by atoms with Crippen molar-refractivity contribution in [3.8, 4) is 0 Å². The third-order valence-corrected chi connectivity index (χ3v) is 2.60. The van der Waals surface area contributed by atoms with Gasteiger partial charge in [0.1, 0.15) is 0 Å². The number of carbonyl (C=O) groups is 1. The Hall–Kier alpha value is -1.29. The van der Waals surface area contributed by atoms with Gasteiger partial charge < -0.3 is 4.57 Å². The fourth-order valence-corrected chi connectivity index (χ4v) is 1.58. The van der Waals surface area contributed by atoms with E-state index in [1.54, 1.807) is 0 Å². The molecule has 0 radical (unpaired) electrons. The van der Waals surface area contributed by atoms with Crippen LogP contribution < -0.4 is 11.3 Å². The van der Waals surface area contributed by atoms with Crippen LogP contribution in [0.1, 0.15) is 5.82 Å². The number of nitrogens with zero attached hydrogens (tertiary/aromatic N) is 3. The van der Waals surface area contributed by atoms with E-state index in [1.807, 2.05) is 5.43 Å². The highest BCUT2D eigenvalue weighted by atomic mass is 32.2. The molecule has 1 rings (SSSR count). The molecule has 1 amide bonds. The number of hydrogen-bond donors (Lipinski definition) is 2. The number of hydrogen-bond acceptors (Lipinski definition) is 5. The minimum atomic E-state index is -4.56. The van der Waals surface area contributed by atoms with E-state index < -0.39 is 17.9 Å². The van der Waals surface area contributed by atoms with Crippen molar-refractivity contribution < 1.29 is 18.0 Å². The summed E-state index contributed by atoms with van der Waals surface area (Å²) in [5.74, 6) is 3.07. The molecule has 0 bridgehead atoms. The monoisotopic (exact) mass is 255 g/mol. The summed E-state index contributed by atoms with van der Waals surface area (Å²) in [6.45, 7) is 0. The Morgan fingerprint density at radius 1 is 1.56 bits per heavy atom. The van der Waals surface area contributed by atoms with Gasteiger partial charge >= 0.3 is 6.18 Å². The fraction of sp³-hybridized carbons (Fsp3) is 0.500. The van der Waals surface area contributed by atoms with Crippen molar-refractivity contribution in [3.63, 3.8) is 0 Å². The van der Waals surface area contributed by atoms with E-state index in [1.165, 1.54) is 7.05 Å². The van der Waals surface area contributed by atoms with Gasteiger partial charge in [0.05, 0.1) is 5.75 Å². The number of aromatic nitrogens is 3. The number of nitrogens with one attached hydrogen (secondary N) is 1. The first-order chi connectivity index (χ1) is 7.36. The maximum atomic E-state index is 12.3. The number of rotatable bonds is 3. The maximum absolute atomic E-state index is 12.3. The van der Waals surface area contributed by atoms with Crippen LogP contribution in [-0.2, 0) is 18.0 Å². The largest absolute Gasteiger partial charge is 0.451 e. The van der Waals surface area contributed by atoms with Crippen molar-refractivity contribution in [3.05, 3.63) is 5.82 Å². The van der Waals surface area contributed by atoms with Gasteiger partial charge in [-0.05, 0) is 0 Å². The second-order valence-corrected chi connectivity index (χ2v) is 3.66. The van der Waals surface area contributed by atoms with Crippen LogP contribution in [0.25, 0.3) is 0 Å². The van der Waals surface area contributed by atoms with Crippen LogP contribution in [0.15, 0.2) is 5.16 Å². The van der Waals surface area contributed by atoms with Gasteiger partial charge in [-0.25, -0.2) is 5.84 Å². The van der Waals surface area contributed by atoms with Crippen LogP contribution in [0.5, 0.6) is 0 Å². The van der Waals surface area contributed by atoms with E-state index in [4.69, 9.17) is 5.84 Å². The van der Waals surface area contributed by atoms with Crippen LogP contribution in [-0.4, -0.2) is 26.4 Å². The summed E-state index contributed by atoms with van der Waals surface area (Å²) >= 11 is 0.814. The summed E-state index contributed by atoms with van der Waals surface area (Å²) < 4.78 is 37.7. The molecule has 0 aliphatic heterocycles. The van der Waals surface area contributed by atoms with E-state index in [2.05, 4.69) is 10.2 Å². The van der Waals surface area contributed by atoms with E-state index in [0.29, 0.717) is 0 Å².